The van der Waals surface area contributed by atoms with Crippen molar-refractivity contribution < 1.29 is 5.11 Å². The lowest BCUT2D eigenvalue weighted by Gasteiger charge is -2.53. The van der Waals surface area contributed by atoms with Crippen molar-refractivity contribution >= 4 is 0 Å². The van der Waals surface area contributed by atoms with E-state index in [-0.39, 0.29) is 5.41 Å². The number of phenols is 1. The molecular formula is C16H23NO. The molecule has 2 unspecified atom stereocenters. The Balaban J connectivity index is 2.13. The molecule has 2 bridgehead atoms. The second kappa shape index (κ2) is 3.99. The molecular weight excluding hydrogens is 222 g/mol. The first-order valence-corrected chi connectivity index (χ1v) is 7.07. The largest absolute Gasteiger partial charge is 0.508 e. The Bertz CT molecular complexity index is 470. The Morgan fingerprint density at radius 3 is 2.94 bits per heavy atom. The van der Waals surface area contributed by atoms with E-state index in [4.69, 9.17) is 0 Å². The highest BCUT2D eigenvalue weighted by Crippen LogP contribution is 2.49. The molecule has 0 spiro atoms. The minimum atomic E-state index is 0.248. The minimum Gasteiger partial charge on any atom is -0.508 e. The third kappa shape index (κ3) is 1.58. The van der Waals surface area contributed by atoms with Crippen LogP contribution in [0.2, 0.25) is 0 Å². The fourth-order valence-electron chi connectivity index (χ4n) is 4.18. The molecule has 98 valence electrons. The highest BCUT2D eigenvalue weighted by atomic mass is 16.3. The molecule has 1 saturated heterocycles. The van der Waals surface area contributed by atoms with Crippen LogP contribution in [0.25, 0.3) is 0 Å². The van der Waals surface area contributed by atoms with Gasteiger partial charge in [-0.1, -0.05) is 26.3 Å². The van der Waals surface area contributed by atoms with Crippen LogP contribution < -0.4 is 0 Å². The second-order valence-electron chi connectivity index (χ2n) is 6.37. The van der Waals surface area contributed by atoms with E-state index in [0.29, 0.717) is 17.7 Å². The van der Waals surface area contributed by atoms with Gasteiger partial charge in [-0.25, -0.2) is 0 Å². The van der Waals surface area contributed by atoms with Gasteiger partial charge < -0.3 is 10.0 Å². The molecule has 1 aromatic carbocycles. The number of likely N-dealkylation sites (tertiary alicyclic amines) is 1. The van der Waals surface area contributed by atoms with E-state index in [1.807, 2.05) is 12.1 Å². The van der Waals surface area contributed by atoms with Crippen LogP contribution in [0.15, 0.2) is 18.2 Å². The molecule has 1 aliphatic carbocycles. The smallest absolute Gasteiger partial charge is 0.115 e. The average molecular weight is 245 g/mol. The van der Waals surface area contributed by atoms with Gasteiger partial charge in [-0.2, -0.15) is 0 Å². The maximum absolute atomic E-state index is 9.80. The first-order chi connectivity index (χ1) is 8.54. The molecule has 0 aromatic heterocycles. The number of rotatable bonds is 1. The van der Waals surface area contributed by atoms with Crippen molar-refractivity contribution in [2.75, 3.05) is 13.6 Å². The average Bonchev–Trinajstić information content (AvgIpc) is 2.35. The lowest BCUT2D eigenvalue weighted by Crippen LogP contribution is -2.55. The summed E-state index contributed by atoms with van der Waals surface area (Å²) in [6.07, 6.45) is 3.58. The van der Waals surface area contributed by atoms with Crippen molar-refractivity contribution in [1.82, 2.24) is 4.90 Å². The van der Waals surface area contributed by atoms with E-state index >= 15 is 0 Å². The number of aromatic hydroxyl groups is 1. The van der Waals surface area contributed by atoms with Gasteiger partial charge in [-0.3, -0.25) is 0 Å². The van der Waals surface area contributed by atoms with Crippen molar-refractivity contribution in [2.45, 2.75) is 44.6 Å². The zero-order valence-corrected chi connectivity index (χ0v) is 11.6. The number of piperidine rings is 1. The van der Waals surface area contributed by atoms with Crippen molar-refractivity contribution in [2.24, 2.45) is 5.92 Å². The molecule has 2 heteroatoms. The number of likely N-dealkylation sites (N-methyl/N-ethyl adjacent to an activating group) is 1. The summed E-state index contributed by atoms with van der Waals surface area (Å²) in [4.78, 5) is 2.53. The summed E-state index contributed by atoms with van der Waals surface area (Å²) in [6.45, 7) is 5.88. The molecule has 2 nitrogen and oxygen atoms in total. The van der Waals surface area contributed by atoms with Crippen LogP contribution >= 0.6 is 0 Å². The zero-order chi connectivity index (χ0) is 12.9. The molecule has 0 amide bonds. The number of nitrogens with zero attached hydrogens (tertiary/aromatic N) is 1. The number of fused-ring (bicyclic) bond motifs is 4. The van der Waals surface area contributed by atoms with Crippen LogP contribution in [0.1, 0.15) is 37.8 Å². The first kappa shape index (κ1) is 12.0. The van der Waals surface area contributed by atoms with Gasteiger partial charge >= 0.3 is 0 Å². The molecule has 3 atom stereocenters. The summed E-state index contributed by atoms with van der Waals surface area (Å²) in [7, 11) is 2.26. The Morgan fingerprint density at radius 1 is 1.44 bits per heavy atom. The maximum atomic E-state index is 9.80. The molecule has 2 aliphatic rings. The van der Waals surface area contributed by atoms with E-state index in [1.165, 1.54) is 30.5 Å². The van der Waals surface area contributed by atoms with Gasteiger partial charge in [0.25, 0.3) is 0 Å². The SMILES string of the molecule is CCC1CN(C)C2Cc3ccc(O)cc3[C@@]1(C)C2. The normalized spacial score (nSPS) is 35.3. The molecule has 3 rings (SSSR count). The van der Waals surface area contributed by atoms with Crippen LogP contribution in [-0.4, -0.2) is 29.6 Å². The number of benzene rings is 1. The van der Waals surface area contributed by atoms with Crippen LogP contribution in [0.3, 0.4) is 0 Å². The van der Waals surface area contributed by atoms with Crippen molar-refractivity contribution in [1.29, 1.82) is 0 Å². The maximum Gasteiger partial charge on any atom is 0.115 e. The van der Waals surface area contributed by atoms with Gasteiger partial charge in [-0.15, -0.1) is 0 Å². The van der Waals surface area contributed by atoms with Crippen molar-refractivity contribution in [3.63, 3.8) is 0 Å². The molecule has 0 radical (unpaired) electrons. The lowest BCUT2D eigenvalue weighted by molar-refractivity contribution is 0.0531. The van der Waals surface area contributed by atoms with Gasteiger partial charge in [0.05, 0.1) is 0 Å². The number of phenolic OH excluding ortho intramolecular Hbond substituents is 1. The van der Waals surface area contributed by atoms with Crippen LogP contribution in [0.4, 0.5) is 0 Å². The lowest BCUT2D eigenvalue weighted by atomic mass is 9.59. The van der Waals surface area contributed by atoms with E-state index in [9.17, 15) is 5.11 Å². The van der Waals surface area contributed by atoms with Gasteiger partial charge in [0.1, 0.15) is 5.75 Å². The summed E-state index contributed by atoms with van der Waals surface area (Å²) in [5, 5.41) is 9.80. The second-order valence-corrected chi connectivity index (χ2v) is 6.37. The molecule has 1 aromatic rings. The monoisotopic (exact) mass is 245 g/mol. The molecule has 0 saturated carbocycles. The zero-order valence-electron chi connectivity index (χ0n) is 11.6. The number of hydrogen-bond donors (Lipinski definition) is 1. The van der Waals surface area contributed by atoms with E-state index in [1.54, 1.807) is 0 Å². The van der Waals surface area contributed by atoms with E-state index in [2.05, 4.69) is 31.9 Å². The molecule has 1 fully saturated rings. The number of hydrogen-bond acceptors (Lipinski definition) is 2. The third-order valence-electron chi connectivity index (χ3n) is 5.35. The Labute approximate surface area is 110 Å². The van der Waals surface area contributed by atoms with Crippen molar-refractivity contribution in [3.8, 4) is 5.75 Å². The Kier molecular flexibility index (Phi) is 2.67. The van der Waals surface area contributed by atoms with Crippen LogP contribution in [-0.2, 0) is 11.8 Å². The summed E-state index contributed by atoms with van der Waals surface area (Å²) in [6, 6.07) is 6.65. The van der Waals surface area contributed by atoms with Crippen LogP contribution in [0.5, 0.6) is 5.75 Å². The fraction of sp³-hybridized carbons (Fsp3) is 0.625. The van der Waals surface area contributed by atoms with E-state index in [0.717, 1.165) is 6.42 Å². The van der Waals surface area contributed by atoms with Gasteiger partial charge in [-0.05, 0) is 54.5 Å². The van der Waals surface area contributed by atoms with Crippen molar-refractivity contribution in [3.05, 3.63) is 29.3 Å². The quantitative estimate of drug-likeness (QED) is 0.822. The standard InChI is InChI=1S/C16H23NO/c1-4-12-10-17(3)13-7-11-5-6-14(18)8-15(11)16(12,2)9-13/h5-6,8,12-13,18H,4,7,9-10H2,1-3H3/t12?,13?,16-/m0/s1. The molecule has 18 heavy (non-hydrogen) atoms. The van der Waals surface area contributed by atoms with Crippen LogP contribution in [0, 0.1) is 5.92 Å². The summed E-state index contributed by atoms with van der Waals surface area (Å²) in [5.41, 5.74) is 3.09. The third-order valence-corrected chi connectivity index (χ3v) is 5.35. The van der Waals surface area contributed by atoms with Gasteiger partial charge in [0.15, 0.2) is 0 Å². The summed E-state index contributed by atoms with van der Waals surface area (Å²) < 4.78 is 0. The molecule has 1 heterocycles. The summed E-state index contributed by atoms with van der Waals surface area (Å²) >= 11 is 0. The molecule has 1 aliphatic heterocycles. The molecule has 1 N–H and O–H groups in total. The fourth-order valence-corrected chi connectivity index (χ4v) is 4.18. The minimum absolute atomic E-state index is 0.248. The van der Waals surface area contributed by atoms with E-state index < -0.39 is 0 Å². The predicted octanol–water partition coefficient (Wildman–Crippen LogP) is 2.94. The predicted molar refractivity (Wildman–Crippen MR) is 74.0 cm³/mol. The highest BCUT2D eigenvalue weighted by molar-refractivity contribution is 5.43. The summed E-state index contributed by atoms with van der Waals surface area (Å²) in [5.74, 6) is 1.11. The Morgan fingerprint density at radius 2 is 2.22 bits per heavy atom. The van der Waals surface area contributed by atoms with Gasteiger partial charge in [0, 0.05) is 12.6 Å². The highest BCUT2D eigenvalue weighted by Gasteiger charge is 2.46. The Hall–Kier alpha value is -1.02. The topological polar surface area (TPSA) is 23.5 Å². The van der Waals surface area contributed by atoms with Gasteiger partial charge in [0.2, 0.25) is 0 Å². The first-order valence-electron chi connectivity index (χ1n) is 7.07.